The van der Waals surface area contributed by atoms with Crippen molar-refractivity contribution < 1.29 is 19.1 Å². The quantitative estimate of drug-likeness (QED) is 0.456. The van der Waals surface area contributed by atoms with E-state index in [0.29, 0.717) is 24.6 Å². The molecule has 1 fully saturated rings. The van der Waals surface area contributed by atoms with Gasteiger partial charge in [0, 0.05) is 5.69 Å². The maximum atomic E-state index is 12.8. The fourth-order valence-electron chi connectivity index (χ4n) is 3.65. The van der Waals surface area contributed by atoms with Gasteiger partial charge in [-0.05, 0) is 40.8 Å². The Hall–Kier alpha value is -3.89. The van der Waals surface area contributed by atoms with Crippen LogP contribution in [0.25, 0.3) is 10.8 Å². The van der Waals surface area contributed by atoms with Crippen LogP contribution in [0.5, 0.6) is 0 Å². The molecule has 7 nitrogen and oxygen atoms in total. The molecule has 7 heteroatoms. The first-order valence-corrected chi connectivity index (χ1v) is 11.4. The van der Waals surface area contributed by atoms with E-state index in [4.69, 9.17) is 9.47 Å². The van der Waals surface area contributed by atoms with Gasteiger partial charge in [-0.3, -0.25) is 10.1 Å². The Morgan fingerprint density at radius 2 is 1.74 bits per heavy atom. The summed E-state index contributed by atoms with van der Waals surface area (Å²) in [5.74, 6) is -0.144. The number of fused-ring (bicyclic) bond motifs is 1. The number of anilines is 1. The molecule has 4 rings (SSSR count). The molecule has 1 saturated carbocycles. The number of hydrogen-bond donors (Lipinski definition) is 2. The standard InChI is InChI=1S/C27H27N3O4/c28-16-24(18-33-17-20-6-2-1-3-7-20)29-26(31)25(14-19-10-11-19)34-27(32)30-23-13-12-21-8-4-5-9-22(21)15-23/h1-9,12-13,15,19,24-25H,10-11,14,17-18H2,(H,29,31)(H,30,32). The molecule has 0 saturated heterocycles. The molecular weight excluding hydrogens is 430 g/mol. The summed E-state index contributed by atoms with van der Waals surface area (Å²) in [7, 11) is 0. The summed E-state index contributed by atoms with van der Waals surface area (Å²) in [6.07, 6.45) is 0.755. The lowest BCUT2D eigenvalue weighted by Gasteiger charge is -2.20. The molecule has 3 aromatic rings. The van der Waals surface area contributed by atoms with Gasteiger partial charge in [0.25, 0.3) is 5.91 Å². The Morgan fingerprint density at radius 3 is 2.47 bits per heavy atom. The van der Waals surface area contributed by atoms with Crippen LogP contribution in [0.3, 0.4) is 0 Å². The average Bonchev–Trinajstić information content (AvgIpc) is 3.67. The highest BCUT2D eigenvalue weighted by molar-refractivity contribution is 5.92. The minimum Gasteiger partial charge on any atom is -0.436 e. The molecule has 1 aliphatic rings. The van der Waals surface area contributed by atoms with Gasteiger partial charge in [0.15, 0.2) is 6.10 Å². The smallest absolute Gasteiger partial charge is 0.412 e. The van der Waals surface area contributed by atoms with Crippen molar-refractivity contribution in [2.24, 2.45) is 5.92 Å². The summed E-state index contributed by atoms with van der Waals surface area (Å²) in [4.78, 5) is 25.4. The van der Waals surface area contributed by atoms with E-state index in [0.717, 1.165) is 29.2 Å². The lowest BCUT2D eigenvalue weighted by Crippen LogP contribution is -2.45. The topological polar surface area (TPSA) is 100 Å². The number of amides is 2. The van der Waals surface area contributed by atoms with E-state index >= 15 is 0 Å². The Labute approximate surface area is 198 Å². The summed E-state index contributed by atoms with van der Waals surface area (Å²) >= 11 is 0. The fourth-order valence-corrected chi connectivity index (χ4v) is 3.65. The van der Waals surface area contributed by atoms with Crippen LogP contribution < -0.4 is 10.6 Å². The summed E-state index contributed by atoms with van der Waals surface area (Å²) in [6, 6.07) is 24.1. The number of nitriles is 1. The predicted molar refractivity (Wildman–Crippen MR) is 129 cm³/mol. The summed E-state index contributed by atoms with van der Waals surface area (Å²) < 4.78 is 11.1. The van der Waals surface area contributed by atoms with Crippen LogP contribution in [0.2, 0.25) is 0 Å². The van der Waals surface area contributed by atoms with Crippen LogP contribution in [0.1, 0.15) is 24.8 Å². The Kier molecular flexibility index (Phi) is 7.74. The summed E-state index contributed by atoms with van der Waals surface area (Å²) in [5.41, 5.74) is 1.56. The van der Waals surface area contributed by atoms with Crippen LogP contribution in [0, 0.1) is 17.2 Å². The molecule has 0 bridgehead atoms. The zero-order valence-corrected chi connectivity index (χ0v) is 18.8. The van der Waals surface area contributed by atoms with E-state index in [2.05, 4.69) is 10.6 Å². The Morgan fingerprint density at radius 1 is 1.00 bits per heavy atom. The second-order valence-corrected chi connectivity index (χ2v) is 8.45. The molecule has 0 heterocycles. The van der Waals surface area contributed by atoms with Crippen LogP contribution in [0.4, 0.5) is 10.5 Å². The first kappa shape index (κ1) is 23.3. The van der Waals surface area contributed by atoms with Crippen molar-refractivity contribution in [2.75, 3.05) is 11.9 Å². The van der Waals surface area contributed by atoms with Gasteiger partial charge in [0.1, 0.15) is 6.04 Å². The molecule has 0 spiro atoms. The second-order valence-electron chi connectivity index (χ2n) is 8.45. The normalized spacial score (nSPS) is 14.6. The van der Waals surface area contributed by atoms with Gasteiger partial charge in [-0.25, -0.2) is 4.79 Å². The van der Waals surface area contributed by atoms with Crippen molar-refractivity contribution in [2.45, 2.75) is 38.0 Å². The zero-order chi connectivity index (χ0) is 23.8. The highest BCUT2D eigenvalue weighted by atomic mass is 16.6. The maximum Gasteiger partial charge on any atom is 0.412 e. The van der Waals surface area contributed by atoms with E-state index in [-0.39, 0.29) is 6.61 Å². The van der Waals surface area contributed by atoms with Gasteiger partial charge in [-0.1, -0.05) is 73.5 Å². The van der Waals surface area contributed by atoms with Gasteiger partial charge in [-0.2, -0.15) is 5.26 Å². The Balaban J connectivity index is 1.31. The molecule has 2 unspecified atom stereocenters. The van der Waals surface area contributed by atoms with Gasteiger partial charge >= 0.3 is 6.09 Å². The van der Waals surface area contributed by atoms with Crippen molar-refractivity contribution >= 4 is 28.5 Å². The van der Waals surface area contributed by atoms with Crippen LogP contribution in [-0.2, 0) is 20.9 Å². The minimum absolute atomic E-state index is 0.0383. The van der Waals surface area contributed by atoms with Crippen LogP contribution in [0.15, 0.2) is 72.8 Å². The van der Waals surface area contributed by atoms with E-state index in [1.165, 1.54) is 0 Å². The first-order chi connectivity index (χ1) is 16.6. The second kappa shape index (κ2) is 11.3. The van der Waals surface area contributed by atoms with Crippen LogP contribution in [-0.4, -0.2) is 30.8 Å². The summed E-state index contributed by atoms with van der Waals surface area (Å²) in [6.45, 7) is 0.377. The van der Waals surface area contributed by atoms with Crippen molar-refractivity contribution in [1.29, 1.82) is 5.26 Å². The SMILES string of the molecule is N#CC(COCc1ccccc1)NC(=O)C(CC1CC1)OC(=O)Nc1ccc2ccccc2c1. The number of benzene rings is 3. The molecule has 2 atom stereocenters. The number of hydrogen-bond acceptors (Lipinski definition) is 5. The lowest BCUT2D eigenvalue weighted by atomic mass is 10.1. The number of carbonyl (C=O) groups is 2. The molecule has 34 heavy (non-hydrogen) atoms. The number of rotatable bonds is 10. The monoisotopic (exact) mass is 457 g/mol. The van der Waals surface area contributed by atoms with Crippen LogP contribution >= 0.6 is 0 Å². The molecule has 1 aliphatic carbocycles. The molecule has 0 radical (unpaired) electrons. The highest BCUT2D eigenvalue weighted by Gasteiger charge is 2.33. The molecule has 0 aromatic heterocycles. The van der Waals surface area contributed by atoms with Gasteiger partial charge in [0.05, 0.1) is 19.3 Å². The van der Waals surface area contributed by atoms with E-state index in [1.807, 2.05) is 72.8 Å². The lowest BCUT2D eigenvalue weighted by molar-refractivity contribution is -0.130. The number of carbonyl (C=O) groups excluding carboxylic acids is 2. The number of nitrogens with one attached hydrogen (secondary N) is 2. The van der Waals surface area contributed by atoms with Crippen molar-refractivity contribution in [3.8, 4) is 6.07 Å². The van der Waals surface area contributed by atoms with E-state index in [9.17, 15) is 14.9 Å². The zero-order valence-electron chi connectivity index (χ0n) is 18.8. The average molecular weight is 458 g/mol. The van der Waals surface area contributed by atoms with E-state index in [1.54, 1.807) is 6.07 Å². The Bertz CT molecular complexity index is 1170. The van der Waals surface area contributed by atoms with Crippen molar-refractivity contribution in [1.82, 2.24) is 5.32 Å². The third-order valence-electron chi connectivity index (χ3n) is 5.65. The van der Waals surface area contributed by atoms with Gasteiger partial charge in [-0.15, -0.1) is 0 Å². The van der Waals surface area contributed by atoms with Crippen molar-refractivity contribution in [3.05, 3.63) is 78.4 Å². The van der Waals surface area contributed by atoms with E-state index < -0.39 is 24.1 Å². The van der Waals surface area contributed by atoms with Gasteiger partial charge in [0.2, 0.25) is 0 Å². The first-order valence-electron chi connectivity index (χ1n) is 11.4. The fraction of sp³-hybridized carbons (Fsp3) is 0.296. The third-order valence-corrected chi connectivity index (χ3v) is 5.65. The molecular formula is C27H27N3O4. The molecule has 3 aromatic carbocycles. The van der Waals surface area contributed by atoms with Crippen molar-refractivity contribution in [3.63, 3.8) is 0 Å². The molecule has 174 valence electrons. The highest BCUT2D eigenvalue weighted by Crippen LogP contribution is 2.34. The number of nitrogens with zero attached hydrogens (tertiary/aromatic N) is 1. The van der Waals surface area contributed by atoms with Gasteiger partial charge < -0.3 is 14.8 Å². The summed E-state index contributed by atoms with van der Waals surface area (Å²) in [5, 5.41) is 16.8. The minimum atomic E-state index is -0.974. The molecule has 2 N–H and O–H groups in total. The number of ether oxygens (including phenoxy) is 2. The maximum absolute atomic E-state index is 12.8. The largest absolute Gasteiger partial charge is 0.436 e. The molecule has 0 aliphatic heterocycles. The molecule has 2 amide bonds. The third kappa shape index (κ3) is 6.80. The predicted octanol–water partition coefficient (Wildman–Crippen LogP) is 4.78.